The van der Waals surface area contributed by atoms with E-state index in [9.17, 15) is 0 Å². The summed E-state index contributed by atoms with van der Waals surface area (Å²) >= 11 is 0. The standard InChI is InChI=1S/C12H26O5.C7H16O/c1-9(14)6-15-11(3)8-17-12(4)7-16-10(2)5-13;1-3-4-5-6-7-8-2/h9-14H,5-8H2,1-4H3;3-7H2,1-2H3. The summed E-state index contributed by atoms with van der Waals surface area (Å²) in [5.74, 6) is 0. The maximum atomic E-state index is 9.04. The monoisotopic (exact) mass is 366 g/mol. The molecule has 4 unspecified atom stereocenters. The molecular formula is C19H42O6. The first-order valence-electron chi connectivity index (χ1n) is 9.49. The first-order valence-corrected chi connectivity index (χ1v) is 9.49. The Kier molecular flexibility index (Phi) is 21.7. The van der Waals surface area contributed by atoms with Crippen molar-refractivity contribution in [3.8, 4) is 0 Å². The van der Waals surface area contributed by atoms with Gasteiger partial charge in [0.25, 0.3) is 0 Å². The molecule has 25 heavy (non-hydrogen) atoms. The molecule has 0 aromatic heterocycles. The summed E-state index contributed by atoms with van der Waals surface area (Å²) < 4.78 is 21.1. The van der Waals surface area contributed by atoms with Crippen LogP contribution in [0.1, 0.15) is 60.3 Å². The fourth-order valence-electron chi connectivity index (χ4n) is 1.73. The van der Waals surface area contributed by atoms with Crippen LogP contribution in [-0.2, 0) is 18.9 Å². The predicted molar refractivity (Wildman–Crippen MR) is 101 cm³/mol. The molecular weight excluding hydrogens is 324 g/mol. The molecule has 0 aromatic carbocycles. The van der Waals surface area contributed by atoms with Gasteiger partial charge < -0.3 is 29.2 Å². The van der Waals surface area contributed by atoms with Crippen molar-refractivity contribution in [2.75, 3.05) is 40.1 Å². The van der Waals surface area contributed by atoms with Gasteiger partial charge in [0, 0.05) is 13.7 Å². The van der Waals surface area contributed by atoms with Crippen LogP contribution in [0.4, 0.5) is 0 Å². The van der Waals surface area contributed by atoms with Gasteiger partial charge in [0.1, 0.15) is 0 Å². The van der Waals surface area contributed by atoms with Crippen LogP contribution in [0.3, 0.4) is 0 Å². The van der Waals surface area contributed by atoms with Gasteiger partial charge in [-0.15, -0.1) is 0 Å². The average Bonchev–Trinajstić information content (AvgIpc) is 2.60. The van der Waals surface area contributed by atoms with Gasteiger partial charge in [0.2, 0.25) is 0 Å². The van der Waals surface area contributed by atoms with E-state index in [0.29, 0.717) is 19.8 Å². The third-order valence-corrected chi connectivity index (χ3v) is 3.31. The predicted octanol–water partition coefficient (Wildman–Crippen LogP) is 2.79. The minimum Gasteiger partial charge on any atom is -0.394 e. The van der Waals surface area contributed by atoms with E-state index >= 15 is 0 Å². The number of rotatable bonds is 15. The second kappa shape index (κ2) is 20.1. The number of aliphatic hydroxyl groups is 2. The van der Waals surface area contributed by atoms with E-state index in [1.165, 1.54) is 25.7 Å². The summed E-state index contributed by atoms with van der Waals surface area (Å²) in [6.45, 7) is 11.7. The highest BCUT2D eigenvalue weighted by Gasteiger charge is 2.09. The van der Waals surface area contributed by atoms with Gasteiger partial charge in [-0.05, 0) is 34.1 Å². The Hall–Kier alpha value is -0.240. The minimum absolute atomic E-state index is 0.0145. The Morgan fingerprint density at radius 2 is 1.28 bits per heavy atom. The molecule has 2 N–H and O–H groups in total. The largest absolute Gasteiger partial charge is 0.394 e. The van der Waals surface area contributed by atoms with Crippen LogP contribution >= 0.6 is 0 Å². The molecule has 0 amide bonds. The van der Waals surface area contributed by atoms with Crippen LogP contribution < -0.4 is 0 Å². The van der Waals surface area contributed by atoms with Crippen molar-refractivity contribution in [3.63, 3.8) is 0 Å². The van der Waals surface area contributed by atoms with E-state index in [2.05, 4.69) is 6.92 Å². The lowest BCUT2D eigenvalue weighted by Crippen LogP contribution is -2.27. The molecule has 0 fully saturated rings. The van der Waals surface area contributed by atoms with Crippen LogP contribution in [0, 0.1) is 0 Å². The first kappa shape index (κ1) is 27.0. The molecule has 0 aliphatic carbocycles. The Balaban J connectivity index is 0. The Labute approximate surface area is 154 Å². The quantitative estimate of drug-likeness (QED) is 0.434. The van der Waals surface area contributed by atoms with Crippen molar-refractivity contribution >= 4 is 0 Å². The summed E-state index contributed by atoms with van der Waals surface area (Å²) in [5.41, 5.74) is 0. The topological polar surface area (TPSA) is 77.4 Å². The third kappa shape index (κ3) is 23.8. The highest BCUT2D eigenvalue weighted by molar-refractivity contribution is 4.55. The molecule has 0 aliphatic rings. The zero-order valence-corrected chi connectivity index (χ0v) is 17.2. The van der Waals surface area contributed by atoms with E-state index in [0.717, 1.165) is 6.61 Å². The van der Waals surface area contributed by atoms with Crippen LogP contribution in [0.15, 0.2) is 0 Å². The molecule has 0 heterocycles. The number of hydrogen-bond acceptors (Lipinski definition) is 6. The zero-order chi connectivity index (χ0) is 19.5. The van der Waals surface area contributed by atoms with Gasteiger partial charge in [-0.2, -0.15) is 0 Å². The molecule has 6 heteroatoms. The van der Waals surface area contributed by atoms with E-state index in [1.54, 1.807) is 21.0 Å². The van der Waals surface area contributed by atoms with Crippen molar-refractivity contribution in [3.05, 3.63) is 0 Å². The molecule has 0 radical (unpaired) electrons. The summed E-state index contributed by atoms with van der Waals surface area (Å²) in [7, 11) is 1.76. The molecule has 0 bridgehead atoms. The fraction of sp³-hybridized carbons (Fsp3) is 1.00. The van der Waals surface area contributed by atoms with E-state index in [4.69, 9.17) is 29.2 Å². The number of methoxy groups -OCH3 is 1. The number of aliphatic hydroxyl groups excluding tert-OH is 2. The maximum absolute atomic E-state index is 9.04. The molecule has 0 saturated heterocycles. The lowest BCUT2D eigenvalue weighted by Gasteiger charge is -2.19. The molecule has 0 aliphatic heterocycles. The second-order valence-electron chi connectivity index (χ2n) is 6.52. The lowest BCUT2D eigenvalue weighted by atomic mass is 10.2. The second-order valence-corrected chi connectivity index (χ2v) is 6.52. The first-order chi connectivity index (χ1) is 11.9. The molecule has 0 aromatic rings. The normalized spacial score (nSPS) is 15.8. The third-order valence-electron chi connectivity index (χ3n) is 3.31. The highest BCUT2D eigenvalue weighted by Crippen LogP contribution is 2.00. The van der Waals surface area contributed by atoms with E-state index < -0.39 is 6.10 Å². The molecule has 154 valence electrons. The zero-order valence-electron chi connectivity index (χ0n) is 17.2. The number of unbranched alkanes of at least 4 members (excludes halogenated alkanes) is 3. The van der Waals surface area contributed by atoms with Crippen molar-refractivity contribution < 1.29 is 29.2 Å². The highest BCUT2D eigenvalue weighted by atomic mass is 16.6. The van der Waals surface area contributed by atoms with Crippen molar-refractivity contribution in [1.29, 1.82) is 0 Å². The van der Waals surface area contributed by atoms with Crippen molar-refractivity contribution in [2.24, 2.45) is 0 Å². The SMILES string of the molecule is CC(O)COC(C)COC(C)COC(C)CO.CCCCCCOC. The van der Waals surface area contributed by atoms with Gasteiger partial charge in [-0.25, -0.2) is 0 Å². The minimum atomic E-state index is -0.455. The van der Waals surface area contributed by atoms with Gasteiger partial charge in [0.05, 0.1) is 50.8 Å². The summed E-state index contributed by atoms with van der Waals surface area (Å²) in [4.78, 5) is 0. The molecule has 0 saturated carbocycles. The van der Waals surface area contributed by atoms with E-state index in [1.807, 2.05) is 13.8 Å². The van der Waals surface area contributed by atoms with Crippen LogP contribution in [0.2, 0.25) is 0 Å². The van der Waals surface area contributed by atoms with Crippen molar-refractivity contribution in [1.82, 2.24) is 0 Å². The van der Waals surface area contributed by atoms with Crippen LogP contribution in [0.25, 0.3) is 0 Å². The molecule has 0 spiro atoms. The van der Waals surface area contributed by atoms with Crippen LogP contribution in [-0.4, -0.2) is 74.8 Å². The number of hydrogen-bond donors (Lipinski definition) is 2. The Morgan fingerprint density at radius 3 is 1.72 bits per heavy atom. The summed E-state index contributed by atoms with van der Waals surface area (Å²) in [6.07, 6.45) is 4.50. The average molecular weight is 367 g/mol. The van der Waals surface area contributed by atoms with Gasteiger partial charge in [-0.1, -0.05) is 26.2 Å². The van der Waals surface area contributed by atoms with Gasteiger partial charge in [0.15, 0.2) is 0 Å². The Bertz CT molecular complexity index is 244. The lowest BCUT2D eigenvalue weighted by molar-refractivity contribution is -0.0825. The smallest absolute Gasteiger partial charge is 0.0781 e. The van der Waals surface area contributed by atoms with Crippen LogP contribution in [0.5, 0.6) is 0 Å². The molecule has 4 atom stereocenters. The van der Waals surface area contributed by atoms with Crippen molar-refractivity contribution in [2.45, 2.75) is 84.7 Å². The molecule has 0 rings (SSSR count). The molecule has 6 nitrogen and oxygen atoms in total. The van der Waals surface area contributed by atoms with E-state index in [-0.39, 0.29) is 24.9 Å². The number of ether oxygens (including phenoxy) is 4. The summed E-state index contributed by atoms with van der Waals surface area (Å²) in [5, 5.41) is 17.8. The Morgan fingerprint density at radius 1 is 0.760 bits per heavy atom. The maximum Gasteiger partial charge on any atom is 0.0781 e. The fourth-order valence-corrected chi connectivity index (χ4v) is 1.73. The summed E-state index contributed by atoms with van der Waals surface area (Å²) in [6, 6.07) is 0. The van der Waals surface area contributed by atoms with Gasteiger partial charge >= 0.3 is 0 Å². The van der Waals surface area contributed by atoms with Gasteiger partial charge in [-0.3, -0.25) is 0 Å².